The maximum absolute atomic E-state index is 13.1. The van der Waals surface area contributed by atoms with Gasteiger partial charge >= 0.3 is 23.7 Å². The molecular weight excluding hydrogens is 936 g/mol. The van der Waals surface area contributed by atoms with Gasteiger partial charge in [0, 0.05) is 72.4 Å². The number of aromatic nitrogens is 10. The van der Waals surface area contributed by atoms with Gasteiger partial charge in [-0.1, -0.05) is 0 Å². The molecule has 340 valence electrons. The molecule has 8 rings (SSSR count). The van der Waals surface area contributed by atoms with Crippen molar-refractivity contribution in [3.63, 3.8) is 0 Å². The Balaban J connectivity index is 0.000000181. The summed E-state index contributed by atoms with van der Waals surface area (Å²) in [7, 11) is 3.01. The minimum absolute atomic E-state index is 0.0478. The number of H-pyrrole nitrogens is 2. The van der Waals surface area contributed by atoms with Crippen molar-refractivity contribution in [3.8, 4) is 21.1 Å². The number of aryl methyl sites for hydroxylation is 3. The van der Waals surface area contributed by atoms with Gasteiger partial charge in [0.25, 0.3) is 11.1 Å². The van der Waals surface area contributed by atoms with Crippen molar-refractivity contribution in [1.29, 1.82) is 0 Å². The summed E-state index contributed by atoms with van der Waals surface area (Å²) in [6.45, 7) is 2.26. The van der Waals surface area contributed by atoms with Gasteiger partial charge in [0.15, 0.2) is 11.2 Å². The van der Waals surface area contributed by atoms with E-state index in [2.05, 4.69) is 50.5 Å². The van der Waals surface area contributed by atoms with Crippen molar-refractivity contribution in [3.05, 3.63) is 111 Å². The van der Waals surface area contributed by atoms with Gasteiger partial charge < -0.3 is 15.2 Å². The number of carbonyl (C=O) groups is 2. The number of nitrogens with zero attached hydrogens (tertiary/aromatic N) is 9. The Labute approximate surface area is 371 Å². The van der Waals surface area contributed by atoms with Crippen LogP contribution in [-0.2, 0) is 49.0 Å². The molecule has 0 spiro atoms. The van der Waals surface area contributed by atoms with Crippen LogP contribution in [0, 0.1) is 13.8 Å². The molecule has 0 unspecified atom stereocenters. The Morgan fingerprint density at radius 1 is 0.769 bits per heavy atom. The van der Waals surface area contributed by atoms with Crippen molar-refractivity contribution >= 4 is 80.9 Å². The van der Waals surface area contributed by atoms with Crippen molar-refractivity contribution < 1.29 is 35.9 Å². The molecule has 0 fully saturated rings. The van der Waals surface area contributed by atoms with Crippen LogP contribution in [0.5, 0.6) is 0 Å². The first-order valence-electron chi connectivity index (χ1n) is 18.2. The predicted molar refractivity (Wildman–Crippen MR) is 228 cm³/mol. The number of aromatic amines is 2. The quantitative estimate of drug-likeness (QED) is 0.123. The average molecular weight is 966 g/mol. The molecule has 0 aliphatic carbocycles. The normalized spacial score (nSPS) is 12.0. The van der Waals surface area contributed by atoms with Crippen LogP contribution in [-0.4, -0.2) is 72.5 Å². The van der Waals surface area contributed by atoms with Crippen LogP contribution in [0.3, 0.4) is 0 Å². The van der Waals surface area contributed by atoms with Crippen LogP contribution in [0.2, 0.25) is 0 Å². The molecule has 0 bridgehead atoms. The average Bonchev–Trinajstić information content (AvgIpc) is 4.07. The largest absolute Gasteiger partial charge is 0.418 e. The lowest BCUT2D eigenvalue weighted by Crippen LogP contribution is -2.30. The van der Waals surface area contributed by atoms with Crippen molar-refractivity contribution in [2.45, 2.75) is 39.2 Å². The molecule has 0 radical (unpaired) electrons. The summed E-state index contributed by atoms with van der Waals surface area (Å²) >= 11 is 7.49. The highest BCUT2D eigenvalue weighted by Gasteiger charge is 2.34. The molecule has 1 aliphatic rings. The number of fused-ring (bicyclic) bond motifs is 2. The minimum Gasteiger partial charge on any atom is -0.315 e. The van der Waals surface area contributed by atoms with Crippen LogP contribution in [0.25, 0.3) is 32.3 Å². The molecular formula is C37H30ClF6N13O6S2. The topological polar surface area (TPSA) is 250 Å². The van der Waals surface area contributed by atoms with Gasteiger partial charge in [-0.05, 0) is 26.0 Å². The van der Waals surface area contributed by atoms with Gasteiger partial charge in [-0.3, -0.25) is 48.2 Å². The van der Waals surface area contributed by atoms with Crippen molar-refractivity contribution in [1.82, 2.24) is 48.6 Å². The highest BCUT2D eigenvalue weighted by Crippen LogP contribution is 2.36. The zero-order valence-corrected chi connectivity index (χ0v) is 36.1. The molecule has 7 aromatic rings. The van der Waals surface area contributed by atoms with E-state index in [1.807, 2.05) is 0 Å². The van der Waals surface area contributed by atoms with Gasteiger partial charge in [0.1, 0.15) is 39.9 Å². The summed E-state index contributed by atoms with van der Waals surface area (Å²) in [5, 5.41) is 8.52. The lowest BCUT2D eigenvalue weighted by Gasteiger charge is -2.10. The molecule has 8 heterocycles. The van der Waals surface area contributed by atoms with Crippen molar-refractivity contribution in [2.24, 2.45) is 19.1 Å². The molecule has 0 aromatic carbocycles. The third-order valence-electron chi connectivity index (χ3n) is 9.03. The second-order valence-corrected chi connectivity index (χ2v) is 15.5. The van der Waals surface area contributed by atoms with Crippen LogP contribution in [0.1, 0.15) is 28.1 Å². The molecule has 19 nitrogen and oxygen atoms in total. The molecule has 1 aliphatic heterocycles. The zero-order chi connectivity index (χ0) is 47.5. The first-order chi connectivity index (χ1) is 30.5. The van der Waals surface area contributed by atoms with Crippen LogP contribution in [0.15, 0.2) is 65.8 Å². The maximum Gasteiger partial charge on any atom is 0.418 e. The highest BCUT2D eigenvalue weighted by molar-refractivity contribution is 7.13. The number of anilines is 2. The van der Waals surface area contributed by atoms with Gasteiger partial charge in [0.05, 0.1) is 23.0 Å². The van der Waals surface area contributed by atoms with E-state index in [9.17, 15) is 55.1 Å². The van der Waals surface area contributed by atoms with Crippen LogP contribution in [0.4, 0.5) is 43.8 Å². The fourth-order valence-corrected chi connectivity index (χ4v) is 7.38. The lowest BCUT2D eigenvalue weighted by atomic mass is 10.1. The molecule has 65 heavy (non-hydrogen) atoms. The van der Waals surface area contributed by atoms with E-state index in [-0.39, 0.29) is 68.3 Å². The van der Waals surface area contributed by atoms with E-state index in [1.165, 1.54) is 59.5 Å². The second kappa shape index (κ2) is 18.9. The number of rotatable bonds is 7. The first-order valence-corrected chi connectivity index (χ1v) is 20.5. The fourth-order valence-electron chi connectivity index (χ4n) is 5.85. The molecule has 4 N–H and O–H groups in total. The number of hydrogen-bond acceptors (Lipinski definition) is 14. The molecule has 0 saturated heterocycles. The number of alkyl halides is 7. The van der Waals surface area contributed by atoms with E-state index >= 15 is 0 Å². The summed E-state index contributed by atoms with van der Waals surface area (Å²) in [6, 6.07) is 1.95. The molecule has 0 atom stereocenters. The van der Waals surface area contributed by atoms with E-state index < -0.39 is 52.2 Å². The summed E-state index contributed by atoms with van der Waals surface area (Å²) < 4.78 is 81.6. The van der Waals surface area contributed by atoms with E-state index in [0.29, 0.717) is 22.8 Å². The number of aliphatic imine (C=N–C) groups is 1. The Morgan fingerprint density at radius 2 is 1.28 bits per heavy atom. The SMILES string of the molecule is Cc1ncc(-c2nc(NC(=O)CCl)cs2)cc1C(F)(F)F.Cc1ncc(-c2nc(NC(=O)Cn3cnc4c3c(=O)[nH]c(=O)n4C)cs2)cc1C(F)(F)F.Cn1c2c(c(=O)[nH]c1=O)CC=N2. The number of halogens is 7. The minimum atomic E-state index is -4.55. The van der Waals surface area contributed by atoms with E-state index in [1.54, 1.807) is 13.3 Å². The lowest BCUT2D eigenvalue weighted by molar-refractivity contribution is -0.139. The van der Waals surface area contributed by atoms with E-state index in [0.717, 1.165) is 39.4 Å². The number of thiazole rings is 2. The third kappa shape index (κ3) is 10.8. The summed E-state index contributed by atoms with van der Waals surface area (Å²) in [4.78, 5) is 97.5. The van der Waals surface area contributed by atoms with Gasteiger partial charge in [-0.2, -0.15) is 26.3 Å². The zero-order valence-electron chi connectivity index (χ0n) is 33.7. The maximum atomic E-state index is 13.1. The fraction of sp³-hybridized carbons (Fsp3) is 0.243. The van der Waals surface area contributed by atoms with Crippen LogP contribution >= 0.6 is 34.3 Å². The number of pyridine rings is 2. The summed E-state index contributed by atoms with van der Waals surface area (Å²) in [5.74, 6) is -0.357. The molecule has 28 heteroatoms. The Kier molecular flexibility index (Phi) is 13.8. The number of carbonyl (C=O) groups excluding carboxylic acids is 2. The Bertz CT molecular complexity index is 3240. The molecule has 2 amide bonds. The highest BCUT2D eigenvalue weighted by atomic mass is 35.5. The Hall–Kier alpha value is -7.13. The predicted octanol–water partition coefficient (Wildman–Crippen LogP) is 4.95. The summed E-state index contributed by atoms with van der Waals surface area (Å²) in [5.41, 5.74) is -2.83. The van der Waals surface area contributed by atoms with Gasteiger partial charge in [-0.15, -0.1) is 34.3 Å². The van der Waals surface area contributed by atoms with Gasteiger partial charge in [-0.25, -0.2) is 29.5 Å². The molecule has 7 aromatic heterocycles. The Morgan fingerprint density at radius 3 is 1.80 bits per heavy atom. The number of hydrogen-bond donors (Lipinski definition) is 4. The van der Waals surface area contributed by atoms with Gasteiger partial charge in [0.2, 0.25) is 11.8 Å². The summed E-state index contributed by atoms with van der Waals surface area (Å²) in [6.07, 6.45) is -3.03. The molecule has 0 saturated carbocycles. The number of imidazole rings is 1. The first kappa shape index (κ1) is 47.4. The smallest absolute Gasteiger partial charge is 0.315 e. The standard InChI is InChI=1S/C18H14F3N7O3S.C12H9ClF3N3OS.C7H7N3O2/c1-8-10(18(19,20)21)3-9(4-22-8)16-25-11(6-32-16)24-12(29)5-28-7-23-14-13(28)15(30)26-17(31)27(14)2;1-6-8(12(14,15)16)2-7(4-17-6)11-19-9(5-21-11)18-10(20)3-13;1-10-5-4(2-3-8-5)6(11)9-7(10)12/h3-4,6-7H,5H2,1-2H3,(H,24,29)(H,26,30,31);2,4-5H,3H2,1H3,(H,18,20);3H,2H2,1H3,(H,9,11,12). The number of amides is 2. The second-order valence-electron chi connectivity index (χ2n) is 13.5. The number of nitrogens with one attached hydrogen (secondary N) is 4. The van der Waals surface area contributed by atoms with Crippen LogP contribution < -0.4 is 33.1 Å². The third-order valence-corrected chi connectivity index (χ3v) is 11.1. The monoisotopic (exact) mass is 965 g/mol. The van der Waals surface area contributed by atoms with Crippen molar-refractivity contribution in [2.75, 3.05) is 16.5 Å². The van der Waals surface area contributed by atoms with E-state index in [4.69, 9.17) is 11.6 Å².